The quantitative estimate of drug-likeness (QED) is 0.276. The van der Waals surface area contributed by atoms with Crippen molar-refractivity contribution in [3.8, 4) is 0 Å². The summed E-state index contributed by atoms with van der Waals surface area (Å²) in [6.45, 7) is 9.19. The van der Waals surface area contributed by atoms with Crippen LogP contribution in [0.25, 0.3) is 0 Å². The van der Waals surface area contributed by atoms with Crippen molar-refractivity contribution >= 4 is 24.7 Å². The van der Waals surface area contributed by atoms with Crippen LogP contribution in [0, 0.1) is 0 Å². The summed E-state index contributed by atoms with van der Waals surface area (Å²) in [6.07, 6.45) is 0. The predicted octanol–water partition coefficient (Wildman–Crippen LogP) is 3.99. The Kier molecular flexibility index (Phi) is 7.13. The van der Waals surface area contributed by atoms with E-state index < -0.39 is 8.32 Å². The summed E-state index contributed by atoms with van der Waals surface area (Å²) in [7, 11) is -2.54. The Morgan fingerprint density at radius 3 is 1.91 bits per heavy atom. The molecule has 0 aliphatic carbocycles. The van der Waals surface area contributed by atoms with Crippen LogP contribution in [0.15, 0.2) is 91.0 Å². The highest BCUT2D eigenvalue weighted by molar-refractivity contribution is 6.99. The van der Waals surface area contributed by atoms with Gasteiger partial charge in [0.1, 0.15) is 12.6 Å². The van der Waals surface area contributed by atoms with Gasteiger partial charge in [-0.1, -0.05) is 112 Å². The second kappa shape index (κ2) is 10.0. The number of esters is 1. The molecular weight excluding hydrogens is 426 g/mol. The lowest BCUT2D eigenvalue weighted by atomic mass is 10.2. The van der Waals surface area contributed by atoms with Gasteiger partial charge in [-0.3, -0.25) is 9.69 Å². The summed E-state index contributed by atoms with van der Waals surface area (Å²) >= 11 is 0. The van der Waals surface area contributed by atoms with Crippen molar-refractivity contribution in [2.45, 2.75) is 38.5 Å². The Morgan fingerprint density at radius 1 is 0.879 bits per heavy atom. The van der Waals surface area contributed by atoms with Crippen molar-refractivity contribution in [2.75, 3.05) is 19.7 Å². The Hall–Kier alpha value is -2.73. The van der Waals surface area contributed by atoms with Crippen LogP contribution in [0.2, 0.25) is 5.04 Å². The largest absolute Gasteiger partial charge is 0.460 e. The molecule has 5 heteroatoms. The molecule has 3 aromatic carbocycles. The molecular formula is C28H33NO3Si. The molecule has 1 aliphatic rings. The van der Waals surface area contributed by atoms with Gasteiger partial charge < -0.3 is 9.16 Å². The molecule has 1 heterocycles. The highest BCUT2D eigenvalue weighted by atomic mass is 28.4. The maximum Gasteiger partial charge on any atom is 0.325 e. The average molecular weight is 460 g/mol. The standard InChI is InChI=1S/C28H33NO3Si/c1-28(2,3)33(24-15-9-5-10-16-24,25-17-11-6-12-18-25)32-20-19-29-21-26(29)27(30)31-22-23-13-7-4-8-14-23/h4-18,26H,19-22H2,1-3H3. The third-order valence-corrected chi connectivity index (χ3v) is 11.4. The smallest absolute Gasteiger partial charge is 0.325 e. The minimum atomic E-state index is -2.54. The zero-order chi connectivity index (χ0) is 23.3. The molecule has 0 spiro atoms. The number of nitrogens with zero attached hydrogens (tertiary/aromatic N) is 1. The van der Waals surface area contributed by atoms with Crippen molar-refractivity contribution < 1.29 is 14.0 Å². The van der Waals surface area contributed by atoms with Crippen LogP contribution in [0.3, 0.4) is 0 Å². The molecule has 0 bridgehead atoms. The van der Waals surface area contributed by atoms with E-state index in [0.29, 0.717) is 13.2 Å². The zero-order valence-electron chi connectivity index (χ0n) is 19.7. The molecule has 0 radical (unpaired) electrons. The van der Waals surface area contributed by atoms with Crippen LogP contribution in [-0.4, -0.2) is 44.9 Å². The minimum absolute atomic E-state index is 0.0530. The van der Waals surface area contributed by atoms with Crippen molar-refractivity contribution in [2.24, 2.45) is 0 Å². The maximum atomic E-state index is 12.5. The van der Waals surface area contributed by atoms with Gasteiger partial charge in [-0.15, -0.1) is 0 Å². The van der Waals surface area contributed by atoms with E-state index >= 15 is 0 Å². The molecule has 1 fully saturated rings. The highest BCUT2D eigenvalue weighted by Gasteiger charge is 2.50. The normalized spacial score (nSPS) is 18.0. The van der Waals surface area contributed by atoms with Gasteiger partial charge >= 0.3 is 5.97 Å². The maximum absolute atomic E-state index is 12.5. The molecule has 2 unspecified atom stereocenters. The van der Waals surface area contributed by atoms with E-state index in [1.54, 1.807) is 0 Å². The Bertz CT molecular complexity index is 996. The summed E-state index contributed by atoms with van der Waals surface area (Å²) in [5.41, 5.74) is 1.01. The average Bonchev–Trinajstić information content (AvgIpc) is 3.61. The topological polar surface area (TPSA) is 38.5 Å². The minimum Gasteiger partial charge on any atom is -0.460 e. The van der Waals surface area contributed by atoms with Crippen LogP contribution in [-0.2, 0) is 20.6 Å². The van der Waals surface area contributed by atoms with E-state index in [9.17, 15) is 4.79 Å². The number of hydrogen-bond acceptors (Lipinski definition) is 4. The fourth-order valence-electron chi connectivity index (χ4n) is 4.55. The molecule has 0 aromatic heterocycles. The van der Waals surface area contributed by atoms with E-state index in [1.165, 1.54) is 10.4 Å². The van der Waals surface area contributed by atoms with E-state index in [-0.39, 0.29) is 17.0 Å². The zero-order valence-corrected chi connectivity index (χ0v) is 20.7. The van der Waals surface area contributed by atoms with Gasteiger partial charge in [-0.25, -0.2) is 0 Å². The second-order valence-electron chi connectivity index (χ2n) is 9.62. The first-order chi connectivity index (χ1) is 15.9. The lowest BCUT2D eigenvalue weighted by molar-refractivity contribution is -0.145. The third kappa shape index (κ3) is 5.27. The van der Waals surface area contributed by atoms with Crippen LogP contribution >= 0.6 is 0 Å². The van der Waals surface area contributed by atoms with E-state index in [2.05, 4.69) is 86.3 Å². The van der Waals surface area contributed by atoms with Crippen molar-refractivity contribution in [3.63, 3.8) is 0 Å². The lowest BCUT2D eigenvalue weighted by Crippen LogP contribution is -2.66. The van der Waals surface area contributed by atoms with Crippen LogP contribution in [0.4, 0.5) is 0 Å². The van der Waals surface area contributed by atoms with Crippen molar-refractivity contribution in [1.29, 1.82) is 0 Å². The summed E-state index contributed by atoms with van der Waals surface area (Å²) < 4.78 is 12.4. The number of benzene rings is 3. The van der Waals surface area contributed by atoms with Gasteiger partial charge in [0.25, 0.3) is 8.32 Å². The molecule has 4 rings (SSSR count). The van der Waals surface area contributed by atoms with E-state index in [1.807, 2.05) is 30.3 Å². The summed E-state index contributed by atoms with van der Waals surface area (Å²) in [6, 6.07) is 30.9. The van der Waals surface area contributed by atoms with E-state index in [4.69, 9.17) is 9.16 Å². The fourth-order valence-corrected chi connectivity index (χ4v) is 9.10. The van der Waals surface area contributed by atoms with Gasteiger partial charge in [0.2, 0.25) is 0 Å². The monoisotopic (exact) mass is 459 g/mol. The predicted molar refractivity (Wildman–Crippen MR) is 135 cm³/mol. The van der Waals surface area contributed by atoms with Crippen LogP contribution in [0.5, 0.6) is 0 Å². The van der Waals surface area contributed by atoms with E-state index in [0.717, 1.165) is 18.7 Å². The highest BCUT2D eigenvalue weighted by Crippen LogP contribution is 2.36. The van der Waals surface area contributed by atoms with Crippen molar-refractivity contribution in [1.82, 2.24) is 4.90 Å². The third-order valence-electron chi connectivity index (χ3n) is 6.32. The SMILES string of the molecule is CC(C)(C)[Si](OCCN1CC1C(=O)OCc1ccccc1)(c1ccccc1)c1ccccc1. The molecule has 0 saturated carbocycles. The van der Waals surface area contributed by atoms with Crippen LogP contribution < -0.4 is 10.4 Å². The first-order valence-electron chi connectivity index (χ1n) is 11.6. The first kappa shape index (κ1) is 23.4. The molecule has 0 amide bonds. The van der Waals surface area contributed by atoms with Crippen molar-refractivity contribution in [3.05, 3.63) is 96.6 Å². The van der Waals surface area contributed by atoms with Gasteiger partial charge in [-0.2, -0.15) is 0 Å². The molecule has 2 atom stereocenters. The Balaban J connectivity index is 1.42. The summed E-state index contributed by atoms with van der Waals surface area (Å²) in [5.74, 6) is -0.149. The molecule has 3 aromatic rings. The summed E-state index contributed by atoms with van der Waals surface area (Å²) in [4.78, 5) is 14.6. The number of carbonyl (C=O) groups excluding carboxylic acids is 1. The van der Waals surface area contributed by atoms with Gasteiger partial charge in [0.05, 0.1) is 0 Å². The number of ether oxygens (including phenoxy) is 1. The first-order valence-corrected chi connectivity index (χ1v) is 13.5. The molecule has 4 nitrogen and oxygen atoms in total. The number of rotatable bonds is 9. The Labute approximate surface area is 198 Å². The lowest BCUT2D eigenvalue weighted by Gasteiger charge is -2.43. The van der Waals surface area contributed by atoms with Crippen LogP contribution in [0.1, 0.15) is 26.3 Å². The van der Waals surface area contributed by atoms with Gasteiger partial charge in [-0.05, 0) is 21.0 Å². The summed E-state index contributed by atoms with van der Waals surface area (Å²) in [5, 5.41) is 2.49. The molecule has 172 valence electrons. The molecule has 1 saturated heterocycles. The number of hydrogen-bond donors (Lipinski definition) is 0. The second-order valence-corrected chi connectivity index (χ2v) is 13.9. The van der Waals surface area contributed by atoms with Gasteiger partial charge in [0.15, 0.2) is 0 Å². The Morgan fingerprint density at radius 2 is 1.39 bits per heavy atom. The molecule has 0 N–H and O–H groups in total. The molecule has 1 aliphatic heterocycles. The fraction of sp³-hybridized carbons (Fsp3) is 0.321. The van der Waals surface area contributed by atoms with Gasteiger partial charge in [0, 0.05) is 19.7 Å². The molecule has 33 heavy (non-hydrogen) atoms. The number of carbonyl (C=O) groups is 1.